The van der Waals surface area contributed by atoms with Gasteiger partial charge in [-0.05, 0) is 36.4 Å². The van der Waals surface area contributed by atoms with E-state index in [4.69, 9.17) is 11.6 Å². The van der Waals surface area contributed by atoms with Crippen molar-refractivity contribution in [3.63, 3.8) is 0 Å². The summed E-state index contributed by atoms with van der Waals surface area (Å²) >= 11 is 5.79. The summed E-state index contributed by atoms with van der Waals surface area (Å²) in [5.74, 6) is 0. The number of hydrogen-bond acceptors (Lipinski definition) is 7. The molecule has 154 valence electrons. The van der Waals surface area contributed by atoms with E-state index in [2.05, 4.69) is 0 Å². The molecular formula is C18H17ClN2O6S2. The van der Waals surface area contributed by atoms with Crippen LogP contribution in [0.15, 0.2) is 58.3 Å². The van der Waals surface area contributed by atoms with E-state index < -0.39 is 50.4 Å². The number of sulfonamides is 1. The van der Waals surface area contributed by atoms with E-state index in [1.807, 2.05) is 0 Å². The lowest BCUT2D eigenvalue weighted by Gasteiger charge is -2.26. The van der Waals surface area contributed by atoms with Crippen LogP contribution in [0, 0.1) is 11.3 Å². The first-order chi connectivity index (χ1) is 13.6. The number of nitriles is 1. The Balaban J connectivity index is 2.04. The molecule has 0 bridgehead atoms. The van der Waals surface area contributed by atoms with Crippen LogP contribution in [-0.4, -0.2) is 61.9 Å². The van der Waals surface area contributed by atoms with Crippen LogP contribution in [0.5, 0.6) is 0 Å². The monoisotopic (exact) mass is 456 g/mol. The Hall–Kier alpha value is -2.00. The molecule has 0 aromatic heterocycles. The van der Waals surface area contributed by atoms with Crippen molar-refractivity contribution >= 4 is 31.5 Å². The maximum atomic E-state index is 13.1. The molecule has 3 rings (SSSR count). The van der Waals surface area contributed by atoms with E-state index >= 15 is 0 Å². The van der Waals surface area contributed by atoms with Crippen molar-refractivity contribution in [1.82, 2.24) is 4.31 Å². The molecule has 1 aliphatic rings. The largest absolute Gasteiger partial charge is 0.393 e. The molecular weight excluding hydrogens is 440 g/mol. The lowest BCUT2D eigenvalue weighted by atomic mass is 10.1. The lowest BCUT2D eigenvalue weighted by molar-refractivity contribution is 0.00160. The molecule has 0 saturated carbocycles. The maximum absolute atomic E-state index is 13.1. The van der Waals surface area contributed by atoms with Crippen molar-refractivity contribution in [2.24, 2.45) is 0 Å². The molecule has 2 aromatic carbocycles. The molecule has 2 aromatic rings. The van der Waals surface area contributed by atoms with E-state index in [9.17, 15) is 32.3 Å². The van der Waals surface area contributed by atoms with Crippen molar-refractivity contribution in [2.75, 3.05) is 19.7 Å². The summed E-state index contributed by atoms with van der Waals surface area (Å²) in [5.41, 5.74) is -2.32. The minimum atomic E-state index is -4.29. The number of aliphatic hydroxyl groups excluding tert-OH is 1. The van der Waals surface area contributed by atoms with Gasteiger partial charge in [0.05, 0.1) is 22.0 Å². The van der Waals surface area contributed by atoms with Crippen molar-refractivity contribution in [2.45, 2.75) is 20.6 Å². The van der Waals surface area contributed by atoms with Crippen LogP contribution in [0.3, 0.4) is 0 Å². The summed E-state index contributed by atoms with van der Waals surface area (Å²) in [6, 6.07) is 12.5. The van der Waals surface area contributed by atoms with Gasteiger partial charge in [-0.25, -0.2) is 16.8 Å². The lowest BCUT2D eigenvalue weighted by Crippen LogP contribution is -2.49. The molecule has 29 heavy (non-hydrogen) atoms. The fourth-order valence-corrected chi connectivity index (χ4v) is 7.09. The molecule has 1 fully saturated rings. The fourth-order valence-electron chi connectivity index (χ4n) is 3.26. The summed E-state index contributed by atoms with van der Waals surface area (Å²) in [7, 11) is -8.50. The van der Waals surface area contributed by atoms with Gasteiger partial charge in [0.2, 0.25) is 10.0 Å². The Morgan fingerprint density at radius 3 is 2.34 bits per heavy atom. The van der Waals surface area contributed by atoms with Gasteiger partial charge in [0.15, 0.2) is 9.84 Å². The minimum Gasteiger partial charge on any atom is -0.393 e. The Kier molecular flexibility index (Phi) is 5.75. The van der Waals surface area contributed by atoms with Crippen LogP contribution in [-0.2, 0) is 19.9 Å². The number of benzene rings is 2. The van der Waals surface area contributed by atoms with Gasteiger partial charge >= 0.3 is 0 Å². The zero-order valence-electron chi connectivity index (χ0n) is 14.9. The predicted molar refractivity (Wildman–Crippen MR) is 104 cm³/mol. The second-order valence-electron chi connectivity index (χ2n) is 6.65. The van der Waals surface area contributed by atoms with Gasteiger partial charge in [0.1, 0.15) is 16.9 Å². The number of hydrogen-bond donors (Lipinski definition) is 2. The van der Waals surface area contributed by atoms with Gasteiger partial charge < -0.3 is 10.2 Å². The normalized spacial score (nSPS) is 23.0. The Labute approximate surface area is 173 Å². The van der Waals surface area contributed by atoms with E-state index in [0.717, 1.165) is 4.31 Å². The molecule has 2 atom stereocenters. The summed E-state index contributed by atoms with van der Waals surface area (Å²) < 4.78 is 53.0. The Bertz CT molecular complexity index is 1180. The van der Waals surface area contributed by atoms with Gasteiger partial charge in [-0.1, -0.05) is 23.7 Å². The second kappa shape index (κ2) is 7.68. The number of aliphatic hydroxyl groups is 2. The first-order valence-corrected chi connectivity index (χ1v) is 11.7. The maximum Gasteiger partial charge on any atom is 0.244 e. The molecule has 0 aliphatic carbocycles. The van der Waals surface area contributed by atoms with Gasteiger partial charge in [0, 0.05) is 18.1 Å². The SMILES string of the molecule is N#Cc1ccccc1S(=O)(=O)N1C[C@H](S(=O)(=O)c2ccc(Cl)cc2)[C@](O)(CO)C1. The molecule has 1 aliphatic heterocycles. The molecule has 8 nitrogen and oxygen atoms in total. The zero-order valence-corrected chi connectivity index (χ0v) is 17.3. The second-order valence-corrected chi connectivity index (χ2v) is 11.1. The minimum absolute atomic E-state index is 0.107. The zero-order chi connectivity index (χ0) is 21.4. The van der Waals surface area contributed by atoms with Crippen LogP contribution in [0.4, 0.5) is 0 Å². The third-order valence-corrected chi connectivity index (χ3v) is 9.22. The van der Waals surface area contributed by atoms with Crippen molar-refractivity contribution in [3.8, 4) is 6.07 Å². The number of β-amino-alcohol motifs (C(OH)–C–C–N with tert-alkyl or cyclic N) is 1. The highest BCUT2D eigenvalue weighted by Crippen LogP contribution is 2.35. The van der Waals surface area contributed by atoms with E-state index in [1.54, 1.807) is 6.07 Å². The Morgan fingerprint density at radius 1 is 1.14 bits per heavy atom. The number of rotatable bonds is 5. The third-order valence-electron chi connectivity index (χ3n) is 4.83. The first-order valence-electron chi connectivity index (χ1n) is 8.38. The van der Waals surface area contributed by atoms with Crippen molar-refractivity contribution < 1.29 is 27.0 Å². The molecule has 1 saturated heterocycles. The molecule has 0 unspecified atom stereocenters. The molecule has 2 N–H and O–H groups in total. The quantitative estimate of drug-likeness (QED) is 0.678. The smallest absolute Gasteiger partial charge is 0.244 e. The summed E-state index contributed by atoms with van der Waals surface area (Å²) in [6.07, 6.45) is 0. The summed E-state index contributed by atoms with van der Waals surface area (Å²) in [4.78, 5) is -0.456. The summed E-state index contributed by atoms with van der Waals surface area (Å²) in [5, 5.41) is 28.4. The van der Waals surface area contributed by atoms with Crippen LogP contribution in [0.2, 0.25) is 5.02 Å². The highest BCUT2D eigenvalue weighted by molar-refractivity contribution is 7.92. The van der Waals surface area contributed by atoms with Crippen molar-refractivity contribution in [1.29, 1.82) is 5.26 Å². The summed E-state index contributed by atoms with van der Waals surface area (Å²) in [6.45, 7) is -2.18. The highest BCUT2D eigenvalue weighted by atomic mass is 35.5. The molecule has 1 heterocycles. The van der Waals surface area contributed by atoms with Gasteiger partial charge in [-0.2, -0.15) is 9.57 Å². The third kappa shape index (κ3) is 3.77. The van der Waals surface area contributed by atoms with E-state index in [-0.39, 0.29) is 15.4 Å². The van der Waals surface area contributed by atoms with E-state index in [1.165, 1.54) is 48.5 Å². The number of halogens is 1. The molecule has 0 radical (unpaired) electrons. The highest BCUT2D eigenvalue weighted by Gasteiger charge is 2.55. The first kappa shape index (κ1) is 21.7. The topological polar surface area (TPSA) is 136 Å². The average Bonchev–Trinajstić information content (AvgIpc) is 3.08. The van der Waals surface area contributed by atoms with Gasteiger partial charge in [0.25, 0.3) is 0 Å². The van der Waals surface area contributed by atoms with Crippen LogP contribution >= 0.6 is 11.6 Å². The van der Waals surface area contributed by atoms with Crippen LogP contribution < -0.4 is 0 Å². The number of nitrogens with zero attached hydrogens (tertiary/aromatic N) is 2. The molecule has 0 spiro atoms. The molecule has 0 amide bonds. The standard InChI is InChI=1S/C18H17ClN2O6S2/c19-14-5-7-15(8-6-14)28(24,25)17-10-21(11-18(17,23)12-22)29(26,27)16-4-2-1-3-13(16)9-20/h1-8,17,22-23H,10-12H2/t17-,18+/m0/s1. The van der Waals surface area contributed by atoms with Crippen LogP contribution in [0.25, 0.3) is 0 Å². The van der Waals surface area contributed by atoms with E-state index in [0.29, 0.717) is 5.02 Å². The van der Waals surface area contributed by atoms with Crippen LogP contribution in [0.1, 0.15) is 5.56 Å². The molecule has 11 heteroatoms. The van der Waals surface area contributed by atoms with Gasteiger partial charge in [-0.15, -0.1) is 0 Å². The van der Waals surface area contributed by atoms with Crippen molar-refractivity contribution in [3.05, 3.63) is 59.1 Å². The number of sulfone groups is 1. The predicted octanol–water partition coefficient (Wildman–Crippen LogP) is 0.782. The fraction of sp³-hybridized carbons (Fsp3) is 0.278. The van der Waals surface area contributed by atoms with Gasteiger partial charge in [-0.3, -0.25) is 0 Å². The average molecular weight is 457 g/mol. The Morgan fingerprint density at radius 2 is 1.76 bits per heavy atom.